The average Bonchev–Trinajstić information content (AvgIpc) is 3.38. The molecule has 2 heterocycles. The Balaban J connectivity index is 1.20. The van der Waals surface area contributed by atoms with Crippen molar-refractivity contribution in [1.82, 2.24) is 14.7 Å². The number of hydrogen-bond donors (Lipinski definition) is 1. The fourth-order valence-corrected chi connectivity index (χ4v) is 5.50. The monoisotopic (exact) mass is 547 g/mol. The standard InChI is InChI=1S/C31H31ClFN3O3/c1-2-39-30(37)16-20-3-6-22(7-4-20)23-8-10-24(11-9-23)25-12-14-29-35-28(19-36(29)18-25)31(38)34-17-21-5-13-27(33)26(32)15-21/h5,8-15,18-20,22H,2-4,6-7,16-17H2,1H3,(H,34,38)/t20-,22-. The van der Waals surface area contributed by atoms with E-state index < -0.39 is 5.82 Å². The molecule has 1 aliphatic carbocycles. The maximum Gasteiger partial charge on any atom is 0.306 e. The summed E-state index contributed by atoms with van der Waals surface area (Å²) in [5.74, 6) is 0.0493. The smallest absolute Gasteiger partial charge is 0.306 e. The number of halogens is 2. The second-order valence-electron chi connectivity index (χ2n) is 10.1. The van der Waals surface area contributed by atoms with Crippen molar-refractivity contribution in [3.8, 4) is 11.1 Å². The molecule has 0 atom stereocenters. The van der Waals surface area contributed by atoms with Gasteiger partial charge in [0.05, 0.1) is 11.6 Å². The molecule has 0 bridgehead atoms. The zero-order chi connectivity index (χ0) is 27.4. The molecule has 0 saturated heterocycles. The molecule has 0 spiro atoms. The summed E-state index contributed by atoms with van der Waals surface area (Å²) in [4.78, 5) is 28.9. The molecule has 0 aliphatic heterocycles. The first-order valence-corrected chi connectivity index (χ1v) is 13.7. The van der Waals surface area contributed by atoms with E-state index in [0.717, 1.165) is 36.8 Å². The number of amides is 1. The summed E-state index contributed by atoms with van der Waals surface area (Å²) >= 11 is 5.82. The van der Waals surface area contributed by atoms with Crippen LogP contribution in [-0.4, -0.2) is 27.9 Å². The Hall–Kier alpha value is -3.71. The lowest BCUT2D eigenvalue weighted by molar-refractivity contribution is -0.144. The highest BCUT2D eigenvalue weighted by Crippen LogP contribution is 2.37. The van der Waals surface area contributed by atoms with E-state index in [2.05, 4.69) is 34.6 Å². The number of fused-ring (bicyclic) bond motifs is 1. The average molecular weight is 548 g/mol. The number of nitrogens with zero attached hydrogens (tertiary/aromatic N) is 2. The Labute approximate surface area is 232 Å². The van der Waals surface area contributed by atoms with Crippen molar-refractivity contribution >= 4 is 29.1 Å². The van der Waals surface area contributed by atoms with Crippen molar-refractivity contribution in [2.75, 3.05) is 6.61 Å². The van der Waals surface area contributed by atoms with Crippen LogP contribution in [0.5, 0.6) is 0 Å². The van der Waals surface area contributed by atoms with Crippen LogP contribution in [0.25, 0.3) is 16.8 Å². The Morgan fingerprint density at radius 3 is 2.49 bits per heavy atom. The van der Waals surface area contributed by atoms with Gasteiger partial charge in [0, 0.05) is 25.4 Å². The Morgan fingerprint density at radius 2 is 1.77 bits per heavy atom. The number of aromatic nitrogens is 2. The minimum absolute atomic E-state index is 0.0217. The number of rotatable bonds is 8. The van der Waals surface area contributed by atoms with Crippen LogP contribution in [0.4, 0.5) is 4.39 Å². The molecule has 39 heavy (non-hydrogen) atoms. The third kappa shape index (κ3) is 6.48. The van der Waals surface area contributed by atoms with Gasteiger partial charge >= 0.3 is 5.97 Å². The SMILES string of the molecule is CCOC(=O)C[C@H]1CC[C@H](c2ccc(-c3ccc4nc(C(=O)NCc5ccc(F)c(Cl)c5)cn4c3)cc2)CC1. The third-order valence-corrected chi connectivity index (χ3v) is 7.73. The van der Waals surface area contributed by atoms with Gasteiger partial charge in [-0.05, 0) is 91.0 Å². The molecule has 1 saturated carbocycles. The molecule has 6 nitrogen and oxygen atoms in total. The van der Waals surface area contributed by atoms with Gasteiger partial charge in [-0.15, -0.1) is 0 Å². The number of esters is 1. The number of imidazole rings is 1. The van der Waals surface area contributed by atoms with Gasteiger partial charge < -0.3 is 14.5 Å². The fourth-order valence-electron chi connectivity index (χ4n) is 5.30. The maximum atomic E-state index is 13.4. The van der Waals surface area contributed by atoms with Gasteiger partial charge in [0.2, 0.25) is 0 Å². The molecular weight excluding hydrogens is 517 g/mol. The van der Waals surface area contributed by atoms with Gasteiger partial charge in [0.25, 0.3) is 5.91 Å². The van der Waals surface area contributed by atoms with Gasteiger partial charge in [0.15, 0.2) is 0 Å². The Bertz CT molecular complexity index is 1480. The normalized spacial score (nSPS) is 17.2. The van der Waals surface area contributed by atoms with E-state index >= 15 is 0 Å². The van der Waals surface area contributed by atoms with Crippen LogP contribution in [0.15, 0.2) is 67.0 Å². The molecular formula is C31H31ClFN3O3. The number of benzene rings is 2. The van der Waals surface area contributed by atoms with E-state index in [1.807, 2.05) is 29.7 Å². The van der Waals surface area contributed by atoms with Crippen molar-refractivity contribution in [2.45, 2.75) is 51.5 Å². The topological polar surface area (TPSA) is 72.7 Å². The lowest BCUT2D eigenvalue weighted by atomic mass is 9.77. The molecule has 1 fully saturated rings. The number of nitrogens with one attached hydrogen (secondary N) is 1. The predicted octanol–water partition coefficient (Wildman–Crippen LogP) is 6.95. The molecule has 2 aromatic carbocycles. The van der Waals surface area contributed by atoms with Crippen molar-refractivity contribution < 1.29 is 18.7 Å². The molecule has 1 N–H and O–H groups in total. The predicted molar refractivity (Wildman–Crippen MR) is 149 cm³/mol. The summed E-state index contributed by atoms with van der Waals surface area (Å²) in [6, 6.07) is 16.9. The van der Waals surface area contributed by atoms with Crippen LogP contribution in [0.1, 0.15) is 66.6 Å². The lowest BCUT2D eigenvalue weighted by Gasteiger charge is -2.28. The molecule has 0 unspecified atom stereocenters. The molecule has 202 valence electrons. The summed E-state index contributed by atoms with van der Waals surface area (Å²) < 4.78 is 20.3. The van der Waals surface area contributed by atoms with E-state index in [9.17, 15) is 14.0 Å². The van der Waals surface area contributed by atoms with Gasteiger partial charge in [-0.2, -0.15) is 0 Å². The summed E-state index contributed by atoms with van der Waals surface area (Å²) in [5, 5.41) is 2.83. The molecule has 4 aromatic rings. The minimum Gasteiger partial charge on any atom is -0.466 e. The maximum absolute atomic E-state index is 13.4. The summed E-state index contributed by atoms with van der Waals surface area (Å²) in [6.45, 7) is 2.51. The first-order chi connectivity index (χ1) is 18.9. The third-order valence-electron chi connectivity index (χ3n) is 7.44. The molecule has 5 rings (SSSR count). The highest BCUT2D eigenvalue weighted by Gasteiger charge is 2.24. The van der Waals surface area contributed by atoms with E-state index in [1.54, 1.807) is 12.3 Å². The highest BCUT2D eigenvalue weighted by atomic mass is 35.5. The molecule has 1 amide bonds. The van der Waals surface area contributed by atoms with Crippen LogP contribution >= 0.6 is 11.6 Å². The molecule has 2 aromatic heterocycles. The summed E-state index contributed by atoms with van der Waals surface area (Å²) in [7, 11) is 0. The number of pyridine rings is 1. The second kappa shape index (κ2) is 12.0. The number of carbonyl (C=O) groups excluding carboxylic acids is 2. The Kier molecular flexibility index (Phi) is 8.27. The first kappa shape index (κ1) is 26.9. The Morgan fingerprint density at radius 1 is 1.03 bits per heavy atom. The van der Waals surface area contributed by atoms with E-state index in [-0.39, 0.29) is 23.4 Å². The highest BCUT2D eigenvalue weighted by molar-refractivity contribution is 6.30. The second-order valence-corrected chi connectivity index (χ2v) is 10.5. The molecule has 1 aliphatic rings. The fraction of sp³-hybridized carbons (Fsp3) is 0.323. The van der Waals surface area contributed by atoms with Crippen molar-refractivity contribution in [2.24, 2.45) is 5.92 Å². The van der Waals surface area contributed by atoms with Gasteiger partial charge in [0.1, 0.15) is 17.2 Å². The summed E-state index contributed by atoms with van der Waals surface area (Å²) in [5.41, 5.74) is 5.12. The largest absolute Gasteiger partial charge is 0.466 e. The van der Waals surface area contributed by atoms with Crippen molar-refractivity contribution in [3.05, 3.63) is 94.7 Å². The van der Waals surface area contributed by atoms with Crippen molar-refractivity contribution in [1.29, 1.82) is 0 Å². The van der Waals surface area contributed by atoms with Crippen LogP contribution in [0.2, 0.25) is 5.02 Å². The summed E-state index contributed by atoms with van der Waals surface area (Å²) in [6.07, 6.45) is 8.48. The van der Waals surface area contributed by atoms with Gasteiger partial charge in [-0.1, -0.05) is 41.9 Å². The molecule has 0 radical (unpaired) electrons. The zero-order valence-electron chi connectivity index (χ0n) is 21.8. The van der Waals surface area contributed by atoms with E-state index in [1.165, 1.54) is 17.7 Å². The first-order valence-electron chi connectivity index (χ1n) is 13.4. The quantitative estimate of drug-likeness (QED) is 0.242. The lowest BCUT2D eigenvalue weighted by Crippen LogP contribution is -2.23. The van der Waals surface area contributed by atoms with E-state index in [4.69, 9.17) is 16.3 Å². The van der Waals surface area contributed by atoms with Crippen LogP contribution in [0.3, 0.4) is 0 Å². The van der Waals surface area contributed by atoms with Crippen LogP contribution in [-0.2, 0) is 16.1 Å². The van der Waals surface area contributed by atoms with Gasteiger partial charge in [-0.3, -0.25) is 9.59 Å². The van der Waals surface area contributed by atoms with Gasteiger partial charge in [-0.25, -0.2) is 9.37 Å². The number of ether oxygens (including phenoxy) is 1. The van der Waals surface area contributed by atoms with E-state index in [0.29, 0.717) is 41.8 Å². The minimum atomic E-state index is -0.493. The van der Waals surface area contributed by atoms with Crippen LogP contribution < -0.4 is 5.32 Å². The number of carbonyl (C=O) groups is 2. The molecule has 8 heteroatoms. The van der Waals surface area contributed by atoms with Crippen molar-refractivity contribution in [3.63, 3.8) is 0 Å². The zero-order valence-corrected chi connectivity index (χ0v) is 22.6. The van der Waals surface area contributed by atoms with Crippen LogP contribution in [0, 0.1) is 11.7 Å². The number of hydrogen-bond acceptors (Lipinski definition) is 4.